The average molecular weight is 291 g/mol. The van der Waals surface area contributed by atoms with Crippen molar-refractivity contribution in [2.24, 2.45) is 0 Å². The predicted octanol–water partition coefficient (Wildman–Crippen LogP) is 1.54. The number of fused-ring (bicyclic) bond motifs is 1. The highest BCUT2D eigenvalue weighted by Crippen LogP contribution is 2.25. The van der Waals surface area contributed by atoms with Crippen LogP contribution in [0.15, 0.2) is 18.3 Å². The molecule has 2 aromatic rings. The second-order valence-electron chi connectivity index (χ2n) is 4.39. The van der Waals surface area contributed by atoms with Gasteiger partial charge in [-0.25, -0.2) is 14.8 Å². The minimum Gasteiger partial charge on any atom is -0.476 e. The number of nitrogens with one attached hydrogen (secondary N) is 1. The quantitative estimate of drug-likeness (QED) is 0.872. The standard InChI is InChI=1S/C13H11ClN4O2/c14-8-2-1-4-16-11(8)12-17-9-3-5-15-6-7(9)10(18-12)13(19)20/h1-2,4,15H,3,5-6H2,(H,19,20). The predicted molar refractivity (Wildman–Crippen MR) is 72.6 cm³/mol. The fourth-order valence-electron chi connectivity index (χ4n) is 2.18. The molecule has 0 aromatic carbocycles. The lowest BCUT2D eigenvalue weighted by Crippen LogP contribution is -2.28. The lowest BCUT2D eigenvalue weighted by atomic mass is 10.0. The van der Waals surface area contributed by atoms with E-state index in [4.69, 9.17) is 11.6 Å². The molecule has 0 unspecified atom stereocenters. The molecule has 102 valence electrons. The van der Waals surface area contributed by atoms with Crippen molar-refractivity contribution < 1.29 is 9.90 Å². The first-order valence-corrected chi connectivity index (χ1v) is 6.49. The van der Waals surface area contributed by atoms with Crippen molar-refractivity contribution in [3.8, 4) is 11.5 Å². The van der Waals surface area contributed by atoms with E-state index in [1.165, 1.54) is 0 Å². The molecule has 1 aliphatic heterocycles. The Bertz CT molecular complexity index is 690. The first-order chi connectivity index (χ1) is 9.66. The number of hydrogen-bond acceptors (Lipinski definition) is 5. The molecule has 0 atom stereocenters. The van der Waals surface area contributed by atoms with E-state index in [1.54, 1.807) is 18.3 Å². The number of rotatable bonds is 2. The first kappa shape index (κ1) is 13.0. The van der Waals surface area contributed by atoms with Crippen LogP contribution in [0.4, 0.5) is 0 Å². The number of nitrogens with zero attached hydrogens (tertiary/aromatic N) is 3. The molecule has 0 saturated carbocycles. The molecule has 1 aliphatic rings. The Morgan fingerprint density at radius 2 is 2.25 bits per heavy atom. The van der Waals surface area contributed by atoms with Crippen LogP contribution in [0.2, 0.25) is 5.02 Å². The third-order valence-corrected chi connectivity index (χ3v) is 3.41. The summed E-state index contributed by atoms with van der Waals surface area (Å²) >= 11 is 6.07. The molecule has 20 heavy (non-hydrogen) atoms. The fourth-order valence-corrected chi connectivity index (χ4v) is 2.38. The fraction of sp³-hybridized carbons (Fsp3) is 0.231. The Morgan fingerprint density at radius 1 is 1.40 bits per heavy atom. The molecule has 0 spiro atoms. The van der Waals surface area contributed by atoms with Crippen LogP contribution in [-0.2, 0) is 13.0 Å². The molecule has 0 fully saturated rings. The number of carboxylic acids is 1. The molecule has 0 amide bonds. The van der Waals surface area contributed by atoms with E-state index in [0.717, 1.165) is 12.2 Å². The number of aromatic carboxylic acids is 1. The number of hydrogen-bond donors (Lipinski definition) is 2. The van der Waals surface area contributed by atoms with E-state index in [2.05, 4.69) is 20.3 Å². The van der Waals surface area contributed by atoms with Crippen molar-refractivity contribution in [3.05, 3.63) is 40.3 Å². The minimum atomic E-state index is -1.07. The Morgan fingerprint density at radius 3 is 3.00 bits per heavy atom. The Balaban J connectivity index is 2.20. The summed E-state index contributed by atoms with van der Waals surface area (Å²) in [5, 5.41) is 12.8. The molecule has 0 bridgehead atoms. The number of aromatic nitrogens is 3. The number of pyridine rings is 1. The van der Waals surface area contributed by atoms with Gasteiger partial charge < -0.3 is 10.4 Å². The third kappa shape index (κ3) is 2.23. The molecular formula is C13H11ClN4O2. The largest absolute Gasteiger partial charge is 0.476 e. The maximum absolute atomic E-state index is 11.4. The van der Waals surface area contributed by atoms with Gasteiger partial charge in [-0.15, -0.1) is 0 Å². The van der Waals surface area contributed by atoms with Crippen molar-refractivity contribution >= 4 is 17.6 Å². The molecule has 7 heteroatoms. The molecule has 3 heterocycles. The van der Waals surface area contributed by atoms with Gasteiger partial charge in [0.15, 0.2) is 11.5 Å². The van der Waals surface area contributed by atoms with Crippen molar-refractivity contribution in [3.63, 3.8) is 0 Å². The lowest BCUT2D eigenvalue weighted by molar-refractivity contribution is 0.0688. The smallest absolute Gasteiger partial charge is 0.354 e. The van der Waals surface area contributed by atoms with Gasteiger partial charge in [0, 0.05) is 31.3 Å². The highest BCUT2D eigenvalue weighted by molar-refractivity contribution is 6.32. The van der Waals surface area contributed by atoms with E-state index in [-0.39, 0.29) is 11.5 Å². The Hall–Kier alpha value is -2.05. The summed E-state index contributed by atoms with van der Waals surface area (Å²) in [5.41, 5.74) is 1.80. The molecular weight excluding hydrogens is 280 g/mol. The van der Waals surface area contributed by atoms with Gasteiger partial charge in [0.25, 0.3) is 0 Å². The maximum Gasteiger partial charge on any atom is 0.354 e. The van der Waals surface area contributed by atoms with Crippen LogP contribution in [0.1, 0.15) is 21.7 Å². The van der Waals surface area contributed by atoms with Crippen LogP contribution >= 0.6 is 11.6 Å². The molecule has 6 nitrogen and oxygen atoms in total. The van der Waals surface area contributed by atoms with Crippen LogP contribution in [0.3, 0.4) is 0 Å². The van der Waals surface area contributed by atoms with Gasteiger partial charge in [-0.1, -0.05) is 11.6 Å². The van der Waals surface area contributed by atoms with E-state index in [9.17, 15) is 9.90 Å². The van der Waals surface area contributed by atoms with E-state index >= 15 is 0 Å². The van der Waals surface area contributed by atoms with Crippen LogP contribution in [0.5, 0.6) is 0 Å². The van der Waals surface area contributed by atoms with Crippen LogP contribution in [0, 0.1) is 0 Å². The topological polar surface area (TPSA) is 88.0 Å². The average Bonchev–Trinajstić information content (AvgIpc) is 2.46. The number of carbonyl (C=O) groups is 1. The summed E-state index contributed by atoms with van der Waals surface area (Å²) < 4.78 is 0. The zero-order valence-corrected chi connectivity index (χ0v) is 11.2. The summed E-state index contributed by atoms with van der Waals surface area (Å²) in [6.45, 7) is 1.23. The van der Waals surface area contributed by atoms with Gasteiger partial charge in [-0.05, 0) is 12.1 Å². The molecule has 0 saturated heterocycles. The molecule has 2 aromatic heterocycles. The number of halogens is 1. The van der Waals surface area contributed by atoms with Crippen LogP contribution in [-0.4, -0.2) is 32.6 Å². The van der Waals surface area contributed by atoms with E-state index < -0.39 is 5.97 Å². The second-order valence-corrected chi connectivity index (χ2v) is 4.79. The second kappa shape index (κ2) is 5.15. The number of carboxylic acid groups (broad SMARTS) is 1. The van der Waals surface area contributed by atoms with E-state index in [1.807, 2.05) is 0 Å². The third-order valence-electron chi connectivity index (χ3n) is 3.11. The Kier molecular flexibility index (Phi) is 3.33. The van der Waals surface area contributed by atoms with Gasteiger partial charge in [-0.3, -0.25) is 4.98 Å². The maximum atomic E-state index is 11.4. The van der Waals surface area contributed by atoms with E-state index in [0.29, 0.717) is 29.2 Å². The first-order valence-electron chi connectivity index (χ1n) is 6.11. The van der Waals surface area contributed by atoms with Crippen molar-refractivity contribution in [1.82, 2.24) is 20.3 Å². The summed E-state index contributed by atoms with van der Waals surface area (Å²) in [6.07, 6.45) is 2.24. The summed E-state index contributed by atoms with van der Waals surface area (Å²) in [7, 11) is 0. The van der Waals surface area contributed by atoms with Gasteiger partial charge in [-0.2, -0.15) is 0 Å². The van der Waals surface area contributed by atoms with Gasteiger partial charge in [0.05, 0.1) is 10.7 Å². The summed E-state index contributed by atoms with van der Waals surface area (Å²) in [4.78, 5) is 24.0. The Labute approximate surface area is 119 Å². The lowest BCUT2D eigenvalue weighted by Gasteiger charge is -2.18. The molecule has 0 aliphatic carbocycles. The zero-order chi connectivity index (χ0) is 14.1. The van der Waals surface area contributed by atoms with Crippen LogP contribution < -0.4 is 5.32 Å². The monoisotopic (exact) mass is 290 g/mol. The van der Waals surface area contributed by atoms with Crippen molar-refractivity contribution in [2.45, 2.75) is 13.0 Å². The highest BCUT2D eigenvalue weighted by atomic mass is 35.5. The highest BCUT2D eigenvalue weighted by Gasteiger charge is 2.23. The SMILES string of the molecule is O=C(O)c1nc(-c2ncccc2Cl)nc2c1CNCC2. The normalized spacial score (nSPS) is 13.8. The molecule has 2 N–H and O–H groups in total. The van der Waals surface area contributed by atoms with Gasteiger partial charge >= 0.3 is 5.97 Å². The summed E-state index contributed by atoms with van der Waals surface area (Å²) in [6, 6.07) is 3.38. The minimum absolute atomic E-state index is 0.0129. The molecule has 3 rings (SSSR count). The van der Waals surface area contributed by atoms with Gasteiger partial charge in [0.2, 0.25) is 0 Å². The molecule has 0 radical (unpaired) electrons. The van der Waals surface area contributed by atoms with Crippen LogP contribution in [0.25, 0.3) is 11.5 Å². The summed E-state index contributed by atoms with van der Waals surface area (Å²) in [5.74, 6) is -0.811. The van der Waals surface area contributed by atoms with Crippen molar-refractivity contribution in [2.75, 3.05) is 6.54 Å². The van der Waals surface area contributed by atoms with Gasteiger partial charge in [0.1, 0.15) is 5.69 Å². The van der Waals surface area contributed by atoms with Crippen molar-refractivity contribution in [1.29, 1.82) is 0 Å². The zero-order valence-electron chi connectivity index (χ0n) is 10.4.